The van der Waals surface area contributed by atoms with Crippen molar-refractivity contribution in [3.05, 3.63) is 17.3 Å². The van der Waals surface area contributed by atoms with Gasteiger partial charge >= 0.3 is 0 Å². The Hall–Kier alpha value is -1.29. The molecule has 14 heavy (non-hydrogen) atoms. The molecule has 2 N–H and O–H groups in total. The summed E-state index contributed by atoms with van der Waals surface area (Å²) in [6.45, 7) is 2.63. The third kappa shape index (κ3) is 2.14. The summed E-state index contributed by atoms with van der Waals surface area (Å²) in [7, 11) is 3.52. The summed E-state index contributed by atoms with van der Waals surface area (Å²) in [5.74, 6) is 0.788. The predicted molar refractivity (Wildman–Crippen MR) is 57.2 cm³/mol. The van der Waals surface area contributed by atoms with E-state index in [4.69, 9.17) is 10.5 Å². The molecule has 0 amide bonds. The van der Waals surface area contributed by atoms with Crippen molar-refractivity contribution >= 4 is 6.08 Å². The van der Waals surface area contributed by atoms with Crippen molar-refractivity contribution in [2.75, 3.05) is 13.7 Å². The summed E-state index contributed by atoms with van der Waals surface area (Å²) in [5, 5.41) is 4.27. The maximum Gasteiger partial charge on any atom is 0.218 e. The first kappa shape index (κ1) is 10.8. The highest BCUT2D eigenvalue weighted by Gasteiger charge is 2.09. The zero-order valence-electron chi connectivity index (χ0n) is 8.95. The lowest BCUT2D eigenvalue weighted by atomic mass is 10.2. The predicted octanol–water partition coefficient (Wildman–Crippen LogP) is 1.10. The van der Waals surface area contributed by atoms with Crippen LogP contribution in [0.25, 0.3) is 6.08 Å². The van der Waals surface area contributed by atoms with Crippen LogP contribution in [0.5, 0.6) is 5.88 Å². The highest BCUT2D eigenvalue weighted by Crippen LogP contribution is 2.22. The standard InChI is InChI=1S/C10H17N3O/c1-8-9(6-4-5-7-11)10(14-3)13(2)12-8/h4,6H,5,7,11H2,1-3H3/b6-4+. The first-order valence-electron chi connectivity index (χ1n) is 4.65. The lowest BCUT2D eigenvalue weighted by Gasteiger charge is -2.00. The molecule has 0 unspecified atom stereocenters. The van der Waals surface area contributed by atoms with Crippen LogP contribution in [0.2, 0.25) is 0 Å². The normalized spacial score (nSPS) is 11.1. The molecule has 1 aromatic heterocycles. The molecule has 4 nitrogen and oxygen atoms in total. The number of hydrogen-bond acceptors (Lipinski definition) is 3. The van der Waals surface area contributed by atoms with E-state index in [2.05, 4.69) is 5.10 Å². The van der Waals surface area contributed by atoms with Gasteiger partial charge in [-0.1, -0.05) is 12.2 Å². The van der Waals surface area contributed by atoms with E-state index in [0.29, 0.717) is 6.54 Å². The van der Waals surface area contributed by atoms with Gasteiger partial charge in [0, 0.05) is 7.05 Å². The second-order valence-corrected chi connectivity index (χ2v) is 3.11. The summed E-state index contributed by atoms with van der Waals surface area (Å²) < 4.78 is 6.98. The topological polar surface area (TPSA) is 53.1 Å². The van der Waals surface area contributed by atoms with Crippen LogP contribution in [0.4, 0.5) is 0 Å². The Kier molecular flexibility index (Phi) is 3.71. The minimum Gasteiger partial charge on any atom is -0.481 e. The maximum absolute atomic E-state index is 5.40. The number of nitrogens with zero attached hydrogens (tertiary/aromatic N) is 2. The fourth-order valence-corrected chi connectivity index (χ4v) is 1.38. The van der Waals surface area contributed by atoms with Gasteiger partial charge in [-0.15, -0.1) is 0 Å². The van der Waals surface area contributed by atoms with Gasteiger partial charge in [-0.25, -0.2) is 4.68 Å². The van der Waals surface area contributed by atoms with Crippen molar-refractivity contribution in [2.45, 2.75) is 13.3 Å². The molecule has 1 rings (SSSR count). The van der Waals surface area contributed by atoms with E-state index in [1.807, 2.05) is 26.1 Å². The summed E-state index contributed by atoms with van der Waals surface area (Å²) >= 11 is 0. The van der Waals surface area contributed by atoms with E-state index < -0.39 is 0 Å². The average molecular weight is 195 g/mol. The summed E-state index contributed by atoms with van der Waals surface area (Å²) in [5.41, 5.74) is 7.40. The van der Waals surface area contributed by atoms with Crippen LogP contribution >= 0.6 is 0 Å². The molecule has 0 aliphatic carbocycles. The quantitative estimate of drug-likeness (QED) is 0.782. The molecule has 0 aromatic carbocycles. The zero-order chi connectivity index (χ0) is 10.6. The number of hydrogen-bond donors (Lipinski definition) is 1. The van der Waals surface area contributed by atoms with Gasteiger partial charge in [-0.05, 0) is 19.9 Å². The molecule has 0 radical (unpaired) electrons. The van der Waals surface area contributed by atoms with Gasteiger partial charge in [0.1, 0.15) is 0 Å². The Morgan fingerprint density at radius 1 is 1.57 bits per heavy atom. The third-order valence-corrected chi connectivity index (χ3v) is 2.03. The molecule has 78 valence electrons. The van der Waals surface area contributed by atoms with Crippen molar-refractivity contribution in [3.8, 4) is 5.88 Å². The average Bonchev–Trinajstić information content (AvgIpc) is 2.42. The number of methoxy groups -OCH3 is 1. The molecule has 0 fully saturated rings. The molecule has 0 spiro atoms. The smallest absolute Gasteiger partial charge is 0.218 e. The van der Waals surface area contributed by atoms with Gasteiger partial charge in [-0.2, -0.15) is 5.10 Å². The molecule has 1 heterocycles. The van der Waals surface area contributed by atoms with Crippen molar-refractivity contribution in [2.24, 2.45) is 12.8 Å². The summed E-state index contributed by atoms with van der Waals surface area (Å²) in [6.07, 6.45) is 4.91. The number of ether oxygens (including phenoxy) is 1. The summed E-state index contributed by atoms with van der Waals surface area (Å²) in [6, 6.07) is 0. The van der Waals surface area contributed by atoms with Gasteiger partial charge in [0.2, 0.25) is 5.88 Å². The largest absolute Gasteiger partial charge is 0.481 e. The monoisotopic (exact) mass is 195 g/mol. The lowest BCUT2D eigenvalue weighted by molar-refractivity contribution is 0.372. The molecular weight excluding hydrogens is 178 g/mol. The van der Waals surface area contributed by atoms with E-state index in [0.717, 1.165) is 23.6 Å². The minimum absolute atomic E-state index is 0.665. The Balaban J connectivity index is 2.94. The SMILES string of the molecule is COc1c(/C=C/CCN)c(C)nn1C. The number of aromatic nitrogens is 2. The molecule has 0 aliphatic heterocycles. The molecule has 4 heteroatoms. The zero-order valence-corrected chi connectivity index (χ0v) is 8.95. The Morgan fingerprint density at radius 2 is 2.29 bits per heavy atom. The second-order valence-electron chi connectivity index (χ2n) is 3.11. The van der Waals surface area contributed by atoms with Gasteiger partial charge in [-0.3, -0.25) is 0 Å². The lowest BCUT2D eigenvalue weighted by Crippen LogP contribution is -1.96. The van der Waals surface area contributed by atoms with E-state index in [-0.39, 0.29) is 0 Å². The number of nitrogens with two attached hydrogens (primary N) is 1. The van der Waals surface area contributed by atoms with Crippen LogP contribution in [0.1, 0.15) is 17.7 Å². The van der Waals surface area contributed by atoms with Crippen molar-refractivity contribution in [1.82, 2.24) is 9.78 Å². The molecule has 0 bridgehead atoms. The molecule has 1 aromatic rings. The Morgan fingerprint density at radius 3 is 2.86 bits per heavy atom. The first-order chi connectivity index (χ1) is 6.70. The maximum atomic E-state index is 5.40. The van der Waals surface area contributed by atoms with Gasteiger partial charge in [0.15, 0.2) is 0 Å². The minimum atomic E-state index is 0.665. The highest BCUT2D eigenvalue weighted by atomic mass is 16.5. The van der Waals surface area contributed by atoms with Gasteiger partial charge in [0.05, 0.1) is 18.4 Å². The van der Waals surface area contributed by atoms with E-state index >= 15 is 0 Å². The van der Waals surface area contributed by atoms with E-state index in [1.54, 1.807) is 11.8 Å². The van der Waals surface area contributed by atoms with Crippen LogP contribution in [-0.2, 0) is 7.05 Å². The van der Waals surface area contributed by atoms with Crippen molar-refractivity contribution < 1.29 is 4.74 Å². The van der Waals surface area contributed by atoms with E-state index in [9.17, 15) is 0 Å². The fourth-order valence-electron chi connectivity index (χ4n) is 1.38. The molecule has 0 aliphatic rings. The van der Waals surface area contributed by atoms with Crippen LogP contribution in [0, 0.1) is 6.92 Å². The third-order valence-electron chi connectivity index (χ3n) is 2.03. The Labute approximate surface area is 84.4 Å². The summed E-state index contributed by atoms with van der Waals surface area (Å²) in [4.78, 5) is 0. The molecular formula is C10H17N3O. The van der Waals surface area contributed by atoms with Crippen LogP contribution in [-0.4, -0.2) is 23.4 Å². The highest BCUT2D eigenvalue weighted by molar-refractivity contribution is 5.57. The molecule has 0 atom stereocenters. The van der Waals surface area contributed by atoms with Crippen LogP contribution < -0.4 is 10.5 Å². The number of aryl methyl sites for hydroxylation is 2. The van der Waals surface area contributed by atoms with Gasteiger partial charge in [0.25, 0.3) is 0 Å². The number of rotatable bonds is 4. The molecule has 0 saturated heterocycles. The van der Waals surface area contributed by atoms with Crippen molar-refractivity contribution in [1.29, 1.82) is 0 Å². The Bertz CT molecular complexity index is 328. The first-order valence-corrected chi connectivity index (χ1v) is 4.65. The molecule has 0 saturated carbocycles. The fraction of sp³-hybridized carbons (Fsp3) is 0.500. The van der Waals surface area contributed by atoms with E-state index in [1.165, 1.54) is 0 Å². The van der Waals surface area contributed by atoms with Crippen LogP contribution in [0.15, 0.2) is 6.08 Å². The van der Waals surface area contributed by atoms with Crippen molar-refractivity contribution in [3.63, 3.8) is 0 Å². The van der Waals surface area contributed by atoms with Gasteiger partial charge < -0.3 is 10.5 Å². The second kappa shape index (κ2) is 4.81. The van der Waals surface area contributed by atoms with Crippen LogP contribution in [0.3, 0.4) is 0 Å².